The lowest BCUT2D eigenvalue weighted by atomic mass is 10.1. The van der Waals surface area contributed by atoms with Gasteiger partial charge in [0.1, 0.15) is 5.69 Å². The van der Waals surface area contributed by atoms with Gasteiger partial charge in [-0.05, 0) is 36.8 Å². The van der Waals surface area contributed by atoms with Gasteiger partial charge < -0.3 is 9.72 Å². The second-order valence-corrected chi connectivity index (χ2v) is 4.70. The Morgan fingerprint density at radius 3 is 2.61 bits per heavy atom. The Morgan fingerprint density at radius 2 is 2.00 bits per heavy atom. The molecule has 18 heavy (non-hydrogen) atoms. The van der Waals surface area contributed by atoms with Gasteiger partial charge in [0.2, 0.25) is 0 Å². The van der Waals surface area contributed by atoms with Crippen LogP contribution in [-0.2, 0) is 4.74 Å². The van der Waals surface area contributed by atoms with Crippen LogP contribution in [0.1, 0.15) is 16.1 Å². The maximum Gasteiger partial charge on any atom is 0.354 e. The summed E-state index contributed by atoms with van der Waals surface area (Å²) in [7, 11) is 1.34. The molecule has 0 saturated heterocycles. The molecule has 0 spiro atoms. The van der Waals surface area contributed by atoms with E-state index in [0.29, 0.717) is 15.7 Å². The molecule has 0 bridgehead atoms. The van der Waals surface area contributed by atoms with E-state index in [2.05, 4.69) is 9.72 Å². The van der Waals surface area contributed by atoms with Crippen molar-refractivity contribution in [2.24, 2.45) is 0 Å². The third kappa shape index (κ3) is 2.37. The number of carbonyl (C=O) groups is 1. The lowest BCUT2D eigenvalue weighted by Gasteiger charge is -2.04. The van der Waals surface area contributed by atoms with E-state index in [1.54, 1.807) is 18.2 Å². The minimum Gasteiger partial charge on any atom is -0.464 e. The average Bonchev–Trinajstić information content (AvgIpc) is 2.70. The van der Waals surface area contributed by atoms with Crippen molar-refractivity contribution in [1.82, 2.24) is 4.98 Å². The number of carbonyl (C=O) groups excluding carboxylic acids is 1. The number of rotatable bonds is 2. The van der Waals surface area contributed by atoms with E-state index >= 15 is 0 Å². The van der Waals surface area contributed by atoms with Crippen molar-refractivity contribution < 1.29 is 9.53 Å². The van der Waals surface area contributed by atoms with Crippen LogP contribution in [0.2, 0.25) is 10.0 Å². The van der Waals surface area contributed by atoms with Gasteiger partial charge in [0, 0.05) is 10.6 Å². The van der Waals surface area contributed by atoms with Gasteiger partial charge in [0.05, 0.1) is 17.8 Å². The Morgan fingerprint density at radius 1 is 1.28 bits per heavy atom. The molecule has 94 valence electrons. The van der Waals surface area contributed by atoms with Crippen LogP contribution in [0.15, 0.2) is 24.3 Å². The van der Waals surface area contributed by atoms with E-state index in [0.717, 1.165) is 16.8 Å². The van der Waals surface area contributed by atoms with Crippen molar-refractivity contribution in [3.8, 4) is 11.3 Å². The number of aryl methyl sites for hydroxylation is 1. The van der Waals surface area contributed by atoms with Crippen molar-refractivity contribution in [3.63, 3.8) is 0 Å². The number of hydrogen-bond donors (Lipinski definition) is 1. The van der Waals surface area contributed by atoms with E-state index in [1.807, 2.05) is 13.0 Å². The highest BCUT2D eigenvalue weighted by atomic mass is 35.5. The van der Waals surface area contributed by atoms with Gasteiger partial charge in [0.25, 0.3) is 0 Å². The van der Waals surface area contributed by atoms with Gasteiger partial charge in [-0.2, -0.15) is 0 Å². The molecule has 3 nitrogen and oxygen atoms in total. The normalized spacial score (nSPS) is 10.4. The highest BCUT2D eigenvalue weighted by Crippen LogP contribution is 2.32. The fraction of sp³-hybridized carbons (Fsp3) is 0.154. The van der Waals surface area contributed by atoms with Crippen molar-refractivity contribution in [1.29, 1.82) is 0 Å². The number of methoxy groups -OCH3 is 1. The fourth-order valence-electron chi connectivity index (χ4n) is 1.75. The first-order valence-electron chi connectivity index (χ1n) is 5.26. The molecular formula is C13H11Cl2NO2. The Hall–Kier alpha value is -1.45. The molecule has 0 radical (unpaired) electrons. The van der Waals surface area contributed by atoms with E-state index in [4.69, 9.17) is 23.2 Å². The summed E-state index contributed by atoms with van der Waals surface area (Å²) in [5.74, 6) is -0.408. The number of benzene rings is 1. The topological polar surface area (TPSA) is 42.1 Å². The largest absolute Gasteiger partial charge is 0.464 e. The molecule has 0 aliphatic rings. The van der Waals surface area contributed by atoms with Gasteiger partial charge >= 0.3 is 5.97 Å². The highest BCUT2D eigenvalue weighted by Gasteiger charge is 2.14. The Kier molecular flexibility index (Phi) is 3.64. The SMILES string of the molecule is COC(=O)c1cc(C)c(-c2ccc(Cl)cc2Cl)[nH]1. The summed E-state index contributed by atoms with van der Waals surface area (Å²) in [6.45, 7) is 1.89. The molecule has 1 aromatic carbocycles. The standard InChI is InChI=1S/C13H11Cl2NO2/c1-7-5-11(13(17)18-2)16-12(7)9-4-3-8(14)6-10(9)15/h3-6,16H,1-2H3. The lowest BCUT2D eigenvalue weighted by Crippen LogP contribution is -2.00. The zero-order valence-electron chi connectivity index (χ0n) is 9.88. The summed E-state index contributed by atoms with van der Waals surface area (Å²) >= 11 is 12.0. The summed E-state index contributed by atoms with van der Waals surface area (Å²) in [5.41, 5.74) is 2.90. The molecule has 0 amide bonds. The second kappa shape index (κ2) is 5.04. The van der Waals surface area contributed by atoms with E-state index < -0.39 is 5.97 Å². The average molecular weight is 284 g/mol. The van der Waals surface area contributed by atoms with Crippen LogP contribution < -0.4 is 0 Å². The van der Waals surface area contributed by atoms with Crippen molar-refractivity contribution in [2.45, 2.75) is 6.92 Å². The molecule has 1 N–H and O–H groups in total. The summed E-state index contributed by atoms with van der Waals surface area (Å²) in [6.07, 6.45) is 0. The second-order valence-electron chi connectivity index (χ2n) is 3.86. The predicted octanol–water partition coefficient (Wildman–Crippen LogP) is 4.08. The Balaban J connectivity index is 2.51. The number of aromatic amines is 1. The third-order valence-electron chi connectivity index (χ3n) is 2.62. The van der Waals surface area contributed by atoms with Crippen LogP contribution in [0.4, 0.5) is 0 Å². The van der Waals surface area contributed by atoms with Gasteiger partial charge in [-0.1, -0.05) is 23.2 Å². The molecular weight excluding hydrogens is 273 g/mol. The summed E-state index contributed by atoms with van der Waals surface area (Å²) in [5, 5.41) is 1.10. The van der Waals surface area contributed by atoms with E-state index in [1.165, 1.54) is 7.11 Å². The number of ether oxygens (including phenoxy) is 1. The number of aromatic nitrogens is 1. The number of esters is 1. The van der Waals surface area contributed by atoms with Crippen LogP contribution in [-0.4, -0.2) is 18.1 Å². The minimum absolute atomic E-state index is 0.399. The van der Waals surface area contributed by atoms with E-state index in [-0.39, 0.29) is 0 Å². The smallest absolute Gasteiger partial charge is 0.354 e. The molecule has 0 saturated carbocycles. The molecule has 1 aromatic heterocycles. The van der Waals surface area contributed by atoms with Gasteiger partial charge in [-0.3, -0.25) is 0 Å². The van der Waals surface area contributed by atoms with Gasteiger partial charge in [-0.15, -0.1) is 0 Å². The molecule has 2 rings (SSSR count). The molecule has 0 atom stereocenters. The Bertz CT molecular complexity index is 605. The first kappa shape index (κ1) is 13.0. The van der Waals surface area contributed by atoms with Crippen LogP contribution in [0.25, 0.3) is 11.3 Å². The quantitative estimate of drug-likeness (QED) is 0.844. The third-order valence-corrected chi connectivity index (χ3v) is 3.17. The lowest BCUT2D eigenvalue weighted by molar-refractivity contribution is 0.0595. The number of halogens is 2. The van der Waals surface area contributed by atoms with Crippen molar-refractivity contribution in [2.75, 3.05) is 7.11 Å². The zero-order chi connectivity index (χ0) is 13.3. The number of hydrogen-bond acceptors (Lipinski definition) is 2. The molecule has 0 aliphatic heterocycles. The predicted molar refractivity (Wildman–Crippen MR) is 72.3 cm³/mol. The first-order valence-corrected chi connectivity index (χ1v) is 6.02. The van der Waals surface area contributed by atoms with Gasteiger partial charge in [-0.25, -0.2) is 4.79 Å². The molecule has 0 aliphatic carbocycles. The number of H-pyrrole nitrogens is 1. The highest BCUT2D eigenvalue weighted by molar-refractivity contribution is 6.36. The summed E-state index contributed by atoms with van der Waals surface area (Å²) in [6, 6.07) is 6.95. The molecule has 0 unspecified atom stereocenters. The molecule has 5 heteroatoms. The van der Waals surface area contributed by atoms with Crippen molar-refractivity contribution in [3.05, 3.63) is 45.6 Å². The molecule has 0 fully saturated rings. The zero-order valence-corrected chi connectivity index (χ0v) is 11.4. The monoisotopic (exact) mass is 283 g/mol. The molecule has 2 aromatic rings. The minimum atomic E-state index is -0.408. The fourth-order valence-corrected chi connectivity index (χ4v) is 2.25. The van der Waals surface area contributed by atoms with Crippen LogP contribution in [0.5, 0.6) is 0 Å². The van der Waals surface area contributed by atoms with E-state index in [9.17, 15) is 4.79 Å². The summed E-state index contributed by atoms with van der Waals surface area (Å²) in [4.78, 5) is 14.4. The molecule has 1 heterocycles. The van der Waals surface area contributed by atoms with Crippen LogP contribution >= 0.6 is 23.2 Å². The maximum atomic E-state index is 11.4. The van der Waals surface area contributed by atoms with Crippen molar-refractivity contribution >= 4 is 29.2 Å². The Labute approximate surface area is 115 Å². The van der Waals surface area contributed by atoms with Crippen LogP contribution in [0.3, 0.4) is 0 Å². The van der Waals surface area contributed by atoms with Gasteiger partial charge in [0.15, 0.2) is 0 Å². The summed E-state index contributed by atoms with van der Waals surface area (Å²) < 4.78 is 4.67. The first-order chi connectivity index (χ1) is 8.52. The number of nitrogens with one attached hydrogen (secondary N) is 1. The van der Waals surface area contributed by atoms with Crippen LogP contribution in [0, 0.1) is 6.92 Å². The maximum absolute atomic E-state index is 11.4.